The maximum Gasteiger partial charge on any atom is 0.411 e. The highest BCUT2D eigenvalue weighted by Gasteiger charge is 2.03. The summed E-state index contributed by atoms with van der Waals surface area (Å²) in [5.41, 5.74) is 0.725. The summed E-state index contributed by atoms with van der Waals surface area (Å²) in [4.78, 5) is 11.0. The van der Waals surface area contributed by atoms with Crippen molar-refractivity contribution < 1.29 is 14.1 Å². The van der Waals surface area contributed by atoms with Crippen LogP contribution >= 0.6 is 0 Å². The molecule has 1 N–H and O–H groups in total. The fourth-order valence-corrected chi connectivity index (χ4v) is 0.947. The largest absolute Gasteiger partial charge is 0.450 e. The Morgan fingerprint density at radius 3 is 3.08 bits per heavy atom. The molecule has 4 heteroatoms. The standard InChI is InChI=1S/C9H12N2O2/c1-3-13-9(12)10-8-5-4-6-11(2)7-8/h4-7H,3H2,1-2H3/p+1. The van der Waals surface area contributed by atoms with Crippen LogP contribution in [0.1, 0.15) is 6.92 Å². The van der Waals surface area contributed by atoms with Crippen molar-refractivity contribution in [2.24, 2.45) is 7.05 Å². The van der Waals surface area contributed by atoms with Crippen LogP contribution < -0.4 is 9.88 Å². The Morgan fingerprint density at radius 2 is 2.46 bits per heavy atom. The molecule has 4 nitrogen and oxygen atoms in total. The van der Waals surface area contributed by atoms with Gasteiger partial charge in [0.05, 0.1) is 6.61 Å². The molecule has 0 radical (unpaired) electrons. The van der Waals surface area contributed by atoms with Crippen LogP contribution in [-0.4, -0.2) is 12.7 Å². The van der Waals surface area contributed by atoms with Crippen molar-refractivity contribution in [3.05, 3.63) is 24.5 Å². The second kappa shape index (κ2) is 4.45. The minimum Gasteiger partial charge on any atom is -0.450 e. The van der Waals surface area contributed by atoms with E-state index in [1.165, 1.54) is 0 Å². The van der Waals surface area contributed by atoms with Gasteiger partial charge < -0.3 is 4.74 Å². The molecule has 1 aromatic heterocycles. The van der Waals surface area contributed by atoms with Gasteiger partial charge in [-0.15, -0.1) is 0 Å². The first-order valence-electron chi connectivity index (χ1n) is 4.11. The highest BCUT2D eigenvalue weighted by atomic mass is 16.5. The Kier molecular flexibility index (Phi) is 3.25. The van der Waals surface area contributed by atoms with E-state index in [0.29, 0.717) is 6.61 Å². The maximum atomic E-state index is 11.0. The molecule has 70 valence electrons. The number of carbonyl (C=O) groups excluding carboxylic acids is 1. The Balaban J connectivity index is 2.58. The summed E-state index contributed by atoms with van der Waals surface area (Å²) >= 11 is 0. The first kappa shape index (κ1) is 9.51. The number of amides is 1. The second-order valence-corrected chi connectivity index (χ2v) is 2.60. The molecule has 0 fully saturated rings. The predicted octanol–water partition coefficient (Wildman–Crippen LogP) is 1.08. The zero-order chi connectivity index (χ0) is 9.68. The summed E-state index contributed by atoms with van der Waals surface area (Å²) in [6, 6.07) is 3.65. The van der Waals surface area contributed by atoms with Gasteiger partial charge in [-0.3, -0.25) is 5.32 Å². The van der Waals surface area contributed by atoms with Gasteiger partial charge in [-0.05, 0) is 13.0 Å². The van der Waals surface area contributed by atoms with Crippen molar-refractivity contribution in [2.75, 3.05) is 11.9 Å². The molecule has 13 heavy (non-hydrogen) atoms. The predicted molar refractivity (Wildman–Crippen MR) is 48.3 cm³/mol. The van der Waals surface area contributed by atoms with E-state index in [4.69, 9.17) is 4.74 Å². The van der Waals surface area contributed by atoms with Gasteiger partial charge in [-0.2, -0.15) is 0 Å². The SMILES string of the molecule is CCOC(=O)Nc1ccc[n+](C)c1. The van der Waals surface area contributed by atoms with Crippen molar-refractivity contribution in [3.8, 4) is 0 Å². The Hall–Kier alpha value is -1.58. The third-order valence-corrected chi connectivity index (χ3v) is 1.46. The zero-order valence-electron chi connectivity index (χ0n) is 7.78. The van der Waals surface area contributed by atoms with Gasteiger partial charge in [0.2, 0.25) is 0 Å². The summed E-state index contributed by atoms with van der Waals surface area (Å²) in [6.45, 7) is 2.15. The normalized spacial score (nSPS) is 9.38. The van der Waals surface area contributed by atoms with Crippen LogP contribution in [0.25, 0.3) is 0 Å². The average molecular weight is 181 g/mol. The number of ether oxygens (including phenoxy) is 1. The lowest BCUT2D eigenvalue weighted by Gasteiger charge is -2.02. The molecule has 0 aliphatic rings. The maximum absolute atomic E-state index is 11.0. The lowest BCUT2D eigenvalue weighted by Crippen LogP contribution is -2.27. The van der Waals surface area contributed by atoms with Gasteiger partial charge >= 0.3 is 6.09 Å². The molecule has 0 atom stereocenters. The number of carbonyl (C=O) groups is 1. The second-order valence-electron chi connectivity index (χ2n) is 2.60. The van der Waals surface area contributed by atoms with Gasteiger partial charge in [-0.25, -0.2) is 9.36 Å². The van der Waals surface area contributed by atoms with Crippen molar-refractivity contribution in [3.63, 3.8) is 0 Å². The molecular formula is C9H13N2O2+. The van der Waals surface area contributed by atoms with Gasteiger partial charge in [0.25, 0.3) is 0 Å². The molecule has 1 rings (SSSR count). The summed E-state index contributed by atoms with van der Waals surface area (Å²) in [5, 5.41) is 2.60. The van der Waals surface area contributed by atoms with Crippen LogP contribution in [0.2, 0.25) is 0 Å². The monoisotopic (exact) mass is 181 g/mol. The highest BCUT2D eigenvalue weighted by Crippen LogP contribution is 2.01. The molecule has 0 bridgehead atoms. The van der Waals surface area contributed by atoms with Crippen molar-refractivity contribution >= 4 is 11.8 Å². The fourth-order valence-electron chi connectivity index (χ4n) is 0.947. The van der Waals surface area contributed by atoms with E-state index in [0.717, 1.165) is 5.69 Å². The molecule has 0 unspecified atom stereocenters. The number of anilines is 1. The van der Waals surface area contributed by atoms with E-state index in [9.17, 15) is 4.79 Å². The number of aromatic nitrogens is 1. The number of pyridine rings is 1. The van der Waals surface area contributed by atoms with Crippen LogP contribution in [0.15, 0.2) is 24.5 Å². The lowest BCUT2D eigenvalue weighted by atomic mass is 10.4. The van der Waals surface area contributed by atoms with Gasteiger partial charge in [0.1, 0.15) is 12.7 Å². The van der Waals surface area contributed by atoms with E-state index in [2.05, 4.69) is 5.32 Å². The smallest absolute Gasteiger partial charge is 0.411 e. The van der Waals surface area contributed by atoms with Gasteiger partial charge in [-0.1, -0.05) is 0 Å². The molecular weight excluding hydrogens is 168 g/mol. The first-order valence-corrected chi connectivity index (χ1v) is 4.11. The Morgan fingerprint density at radius 1 is 1.69 bits per heavy atom. The van der Waals surface area contributed by atoms with E-state index in [1.54, 1.807) is 19.2 Å². The van der Waals surface area contributed by atoms with Crippen LogP contribution in [0.3, 0.4) is 0 Å². The van der Waals surface area contributed by atoms with Gasteiger partial charge in [0, 0.05) is 6.07 Å². The molecule has 0 spiro atoms. The van der Waals surface area contributed by atoms with E-state index in [-0.39, 0.29) is 0 Å². The van der Waals surface area contributed by atoms with Crippen molar-refractivity contribution in [1.82, 2.24) is 0 Å². The van der Waals surface area contributed by atoms with Crippen molar-refractivity contribution in [2.45, 2.75) is 6.92 Å². The van der Waals surface area contributed by atoms with Crippen LogP contribution in [0.5, 0.6) is 0 Å². The number of rotatable bonds is 2. The van der Waals surface area contributed by atoms with Crippen LogP contribution in [0.4, 0.5) is 10.5 Å². The van der Waals surface area contributed by atoms with Gasteiger partial charge in [0.15, 0.2) is 12.4 Å². The number of nitrogens with zero attached hydrogens (tertiary/aromatic N) is 1. The molecule has 0 aliphatic carbocycles. The molecule has 1 amide bonds. The third kappa shape index (κ3) is 3.11. The van der Waals surface area contributed by atoms with Crippen LogP contribution in [0, 0.1) is 0 Å². The topological polar surface area (TPSA) is 42.2 Å². The highest BCUT2D eigenvalue weighted by molar-refractivity contribution is 5.83. The first-order chi connectivity index (χ1) is 6.22. The third-order valence-electron chi connectivity index (χ3n) is 1.46. The molecule has 0 aromatic carbocycles. The minimum atomic E-state index is -0.422. The number of aryl methyl sites for hydroxylation is 1. The zero-order valence-corrected chi connectivity index (χ0v) is 7.78. The molecule has 0 saturated heterocycles. The number of hydrogen-bond acceptors (Lipinski definition) is 2. The Bertz CT molecular complexity index is 299. The van der Waals surface area contributed by atoms with E-state index in [1.807, 2.05) is 23.9 Å². The molecule has 1 heterocycles. The number of nitrogens with one attached hydrogen (secondary N) is 1. The fraction of sp³-hybridized carbons (Fsp3) is 0.333. The molecule has 1 aromatic rings. The minimum absolute atomic E-state index is 0.380. The summed E-state index contributed by atoms with van der Waals surface area (Å²) < 4.78 is 6.58. The summed E-state index contributed by atoms with van der Waals surface area (Å²) in [6.07, 6.45) is 3.27. The van der Waals surface area contributed by atoms with E-state index >= 15 is 0 Å². The summed E-state index contributed by atoms with van der Waals surface area (Å²) in [5.74, 6) is 0. The van der Waals surface area contributed by atoms with Crippen molar-refractivity contribution in [1.29, 1.82) is 0 Å². The van der Waals surface area contributed by atoms with Crippen LogP contribution in [-0.2, 0) is 11.8 Å². The molecule has 0 saturated carbocycles. The van der Waals surface area contributed by atoms with E-state index < -0.39 is 6.09 Å². The molecule has 0 aliphatic heterocycles. The lowest BCUT2D eigenvalue weighted by molar-refractivity contribution is -0.670. The summed E-state index contributed by atoms with van der Waals surface area (Å²) in [7, 11) is 1.89. The Labute approximate surface area is 77.1 Å². The number of hydrogen-bond donors (Lipinski definition) is 1. The average Bonchev–Trinajstić information content (AvgIpc) is 2.04. The quantitative estimate of drug-likeness (QED) is 0.694.